The molecule has 5 nitrogen and oxygen atoms in total. The lowest BCUT2D eigenvalue weighted by Crippen LogP contribution is -2.32. The smallest absolute Gasteiger partial charge is 0.170 e. The lowest BCUT2D eigenvalue weighted by molar-refractivity contribution is 0.163. The molecule has 0 spiro atoms. The second kappa shape index (κ2) is 6.24. The molecule has 2 aromatic heterocycles. The number of nitrogens with one attached hydrogen (secondary N) is 2. The fraction of sp³-hybridized carbons (Fsp3) is 0.333. The number of rotatable bonds is 5. The Hall–Kier alpha value is -1.92. The van der Waals surface area contributed by atoms with Gasteiger partial charge in [-0.1, -0.05) is 6.07 Å². The molecule has 0 saturated carbocycles. The third-order valence-electron chi connectivity index (χ3n) is 3.67. The molecule has 0 bridgehead atoms. The summed E-state index contributed by atoms with van der Waals surface area (Å²) in [6.45, 7) is 1.38. The standard InChI is InChI=1S/C15H18N4OS/c1-20-10-9-19-14(12-6-4-8-17-12)13(18-15(19)21)11-5-2-3-7-16-11/h2-8,13-14,17H,9-10H2,1H3,(H,18,21)/t13-,14+/m0/s1. The van der Waals surface area contributed by atoms with E-state index in [1.54, 1.807) is 7.11 Å². The highest BCUT2D eigenvalue weighted by atomic mass is 32.1. The first-order valence-corrected chi connectivity index (χ1v) is 7.32. The highest BCUT2D eigenvalue weighted by Crippen LogP contribution is 2.37. The maximum Gasteiger partial charge on any atom is 0.170 e. The van der Waals surface area contributed by atoms with Crippen molar-refractivity contribution in [3.63, 3.8) is 0 Å². The van der Waals surface area contributed by atoms with Crippen LogP contribution in [0.5, 0.6) is 0 Å². The Morgan fingerprint density at radius 1 is 1.33 bits per heavy atom. The summed E-state index contributed by atoms with van der Waals surface area (Å²) >= 11 is 5.50. The summed E-state index contributed by atoms with van der Waals surface area (Å²) in [5, 5.41) is 4.13. The highest BCUT2D eigenvalue weighted by molar-refractivity contribution is 7.80. The van der Waals surface area contributed by atoms with Gasteiger partial charge in [-0.2, -0.15) is 0 Å². The third kappa shape index (κ3) is 2.77. The van der Waals surface area contributed by atoms with Gasteiger partial charge in [0, 0.05) is 31.7 Å². The zero-order chi connectivity index (χ0) is 14.7. The van der Waals surface area contributed by atoms with E-state index in [0.29, 0.717) is 6.61 Å². The quantitative estimate of drug-likeness (QED) is 0.828. The number of ether oxygens (including phenoxy) is 1. The van der Waals surface area contributed by atoms with Crippen molar-refractivity contribution >= 4 is 17.3 Å². The first-order valence-electron chi connectivity index (χ1n) is 6.91. The van der Waals surface area contributed by atoms with Gasteiger partial charge >= 0.3 is 0 Å². The predicted octanol–water partition coefficient (Wildman–Crippen LogP) is 2.03. The monoisotopic (exact) mass is 302 g/mol. The molecule has 21 heavy (non-hydrogen) atoms. The van der Waals surface area contributed by atoms with Crippen LogP contribution in [-0.4, -0.2) is 40.2 Å². The number of aromatic nitrogens is 2. The Morgan fingerprint density at radius 3 is 2.90 bits per heavy atom. The molecule has 0 aromatic carbocycles. The number of H-pyrrole nitrogens is 1. The summed E-state index contributed by atoms with van der Waals surface area (Å²) in [5.74, 6) is 0. The molecule has 0 amide bonds. The van der Waals surface area contributed by atoms with Gasteiger partial charge in [-0.15, -0.1) is 0 Å². The first-order chi connectivity index (χ1) is 10.3. The van der Waals surface area contributed by atoms with Crippen molar-refractivity contribution in [2.75, 3.05) is 20.3 Å². The van der Waals surface area contributed by atoms with Crippen LogP contribution in [0.4, 0.5) is 0 Å². The number of aromatic amines is 1. The molecule has 0 aliphatic carbocycles. The minimum absolute atomic E-state index is 0.0363. The molecule has 6 heteroatoms. The van der Waals surface area contributed by atoms with E-state index in [1.165, 1.54) is 0 Å². The maximum absolute atomic E-state index is 5.50. The van der Waals surface area contributed by atoms with E-state index in [1.807, 2.05) is 36.7 Å². The Kier molecular flexibility index (Phi) is 4.17. The Morgan fingerprint density at radius 2 is 2.24 bits per heavy atom. The molecule has 110 valence electrons. The van der Waals surface area contributed by atoms with E-state index in [9.17, 15) is 0 Å². The average molecular weight is 302 g/mol. The van der Waals surface area contributed by atoms with Gasteiger partial charge in [0.15, 0.2) is 5.11 Å². The van der Waals surface area contributed by atoms with Crippen LogP contribution in [-0.2, 0) is 4.74 Å². The van der Waals surface area contributed by atoms with E-state index in [0.717, 1.165) is 23.0 Å². The third-order valence-corrected chi connectivity index (χ3v) is 4.03. The van der Waals surface area contributed by atoms with Gasteiger partial charge in [0.2, 0.25) is 0 Å². The van der Waals surface area contributed by atoms with Gasteiger partial charge in [-0.25, -0.2) is 0 Å². The van der Waals surface area contributed by atoms with Crippen molar-refractivity contribution in [2.24, 2.45) is 0 Å². The van der Waals surface area contributed by atoms with Crippen LogP contribution < -0.4 is 5.32 Å². The lowest BCUT2D eigenvalue weighted by Gasteiger charge is -2.26. The summed E-state index contributed by atoms with van der Waals surface area (Å²) < 4.78 is 5.20. The predicted molar refractivity (Wildman–Crippen MR) is 84.8 cm³/mol. The summed E-state index contributed by atoms with van der Waals surface area (Å²) in [6, 6.07) is 10.2. The van der Waals surface area contributed by atoms with Gasteiger partial charge in [-0.05, 0) is 36.5 Å². The molecule has 1 aliphatic rings. The van der Waals surface area contributed by atoms with Gasteiger partial charge in [0.05, 0.1) is 24.4 Å². The second-order valence-corrected chi connectivity index (χ2v) is 5.32. The van der Waals surface area contributed by atoms with Crippen LogP contribution in [0.15, 0.2) is 42.7 Å². The van der Waals surface area contributed by atoms with Crippen molar-refractivity contribution in [3.05, 3.63) is 54.1 Å². The Labute approximate surface area is 129 Å². The maximum atomic E-state index is 5.50. The molecule has 0 unspecified atom stereocenters. The molecule has 2 aromatic rings. The van der Waals surface area contributed by atoms with Crippen LogP contribution in [0.2, 0.25) is 0 Å². The van der Waals surface area contributed by atoms with E-state index in [4.69, 9.17) is 17.0 Å². The summed E-state index contributed by atoms with van der Waals surface area (Å²) in [6.07, 6.45) is 3.74. The molecule has 2 atom stereocenters. The minimum atomic E-state index is 0.0363. The fourth-order valence-corrected chi connectivity index (χ4v) is 3.03. The van der Waals surface area contributed by atoms with Crippen LogP contribution in [0.1, 0.15) is 23.5 Å². The Bertz CT molecular complexity index is 587. The number of hydrogen-bond donors (Lipinski definition) is 2. The zero-order valence-electron chi connectivity index (χ0n) is 11.8. The fourth-order valence-electron chi connectivity index (χ4n) is 2.70. The van der Waals surface area contributed by atoms with Crippen LogP contribution in [0.25, 0.3) is 0 Å². The molecular weight excluding hydrogens is 284 g/mol. The van der Waals surface area contributed by atoms with Gasteiger partial charge < -0.3 is 19.9 Å². The highest BCUT2D eigenvalue weighted by Gasteiger charge is 2.39. The largest absolute Gasteiger partial charge is 0.383 e. The number of nitrogens with zero attached hydrogens (tertiary/aromatic N) is 2. The van der Waals surface area contributed by atoms with Crippen LogP contribution >= 0.6 is 12.2 Å². The molecule has 1 aliphatic heterocycles. The normalized spacial score (nSPS) is 21.6. The van der Waals surface area contributed by atoms with E-state index < -0.39 is 0 Å². The number of pyridine rings is 1. The number of methoxy groups -OCH3 is 1. The topological polar surface area (TPSA) is 53.2 Å². The lowest BCUT2D eigenvalue weighted by atomic mass is 10.0. The molecule has 3 heterocycles. The molecule has 1 fully saturated rings. The first kappa shape index (κ1) is 14.0. The van der Waals surface area contributed by atoms with Crippen molar-refractivity contribution in [2.45, 2.75) is 12.1 Å². The molecule has 2 N–H and O–H groups in total. The number of hydrogen-bond acceptors (Lipinski definition) is 3. The van der Waals surface area contributed by atoms with Crippen molar-refractivity contribution in [3.8, 4) is 0 Å². The van der Waals surface area contributed by atoms with Crippen molar-refractivity contribution < 1.29 is 4.74 Å². The van der Waals surface area contributed by atoms with Crippen molar-refractivity contribution in [1.29, 1.82) is 0 Å². The zero-order valence-corrected chi connectivity index (χ0v) is 12.6. The second-order valence-electron chi connectivity index (χ2n) is 4.94. The molecule has 1 saturated heterocycles. The SMILES string of the molecule is COCCN1C(=S)N[C@@H](c2ccccn2)[C@H]1c1ccc[nH]1. The number of thiocarbonyl (C=S) groups is 1. The van der Waals surface area contributed by atoms with Crippen LogP contribution in [0.3, 0.4) is 0 Å². The minimum Gasteiger partial charge on any atom is -0.383 e. The Balaban J connectivity index is 1.94. The van der Waals surface area contributed by atoms with Gasteiger partial charge in [0.1, 0.15) is 0 Å². The molecular formula is C15H18N4OS. The van der Waals surface area contributed by atoms with Crippen LogP contribution in [0, 0.1) is 0 Å². The van der Waals surface area contributed by atoms with E-state index in [2.05, 4.69) is 26.3 Å². The van der Waals surface area contributed by atoms with Crippen molar-refractivity contribution in [1.82, 2.24) is 20.2 Å². The molecule has 0 radical (unpaired) electrons. The summed E-state index contributed by atoms with van der Waals surface area (Å²) in [7, 11) is 1.70. The summed E-state index contributed by atoms with van der Waals surface area (Å²) in [4.78, 5) is 9.93. The van der Waals surface area contributed by atoms with Gasteiger partial charge in [0.25, 0.3) is 0 Å². The molecule has 3 rings (SSSR count). The van der Waals surface area contributed by atoms with Gasteiger partial charge in [-0.3, -0.25) is 4.98 Å². The van der Waals surface area contributed by atoms with E-state index >= 15 is 0 Å². The average Bonchev–Trinajstić information content (AvgIpc) is 3.13. The summed E-state index contributed by atoms with van der Waals surface area (Å²) in [5.41, 5.74) is 2.11. The van der Waals surface area contributed by atoms with E-state index in [-0.39, 0.29) is 12.1 Å².